The van der Waals surface area contributed by atoms with Gasteiger partial charge in [0.05, 0.1) is 29.0 Å². The summed E-state index contributed by atoms with van der Waals surface area (Å²) in [5, 5.41) is 0. The molecule has 1 aromatic carbocycles. The van der Waals surface area contributed by atoms with Crippen LogP contribution in [0.2, 0.25) is 0 Å². The Balaban J connectivity index is 2.44. The first-order chi connectivity index (χ1) is 13.0. The Morgan fingerprint density at radius 1 is 1.03 bits per heavy atom. The summed E-state index contributed by atoms with van der Waals surface area (Å²) in [5.74, 6) is 0. The topological polar surface area (TPSA) is 27.7 Å². The van der Waals surface area contributed by atoms with Crippen LogP contribution in [0.5, 0.6) is 0 Å². The summed E-state index contributed by atoms with van der Waals surface area (Å²) >= 11 is 0. The Morgan fingerprint density at radius 3 is 2.07 bits per heavy atom. The average molecular weight is 416 g/mol. The van der Waals surface area contributed by atoms with E-state index >= 15 is 4.39 Å². The van der Waals surface area contributed by atoms with Crippen LogP contribution in [0, 0.1) is 0 Å². The van der Waals surface area contributed by atoms with Crippen LogP contribution in [0.25, 0.3) is 5.57 Å². The molecule has 2 rings (SSSR count). The van der Waals surface area contributed by atoms with E-state index in [4.69, 9.17) is 14.0 Å². The van der Waals surface area contributed by atoms with E-state index in [0.717, 1.165) is 12.1 Å². The van der Waals surface area contributed by atoms with E-state index in [1.54, 1.807) is 27.7 Å². The third-order valence-corrected chi connectivity index (χ3v) is 5.17. The van der Waals surface area contributed by atoms with Gasteiger partial charge in [-0.3, -0.25) is 0 Å². The number of benzene rings is 1. The molecule has 1 saturated heterocycles. The fourth-order valence-corrected chi connectivity index (χ4v) is 2.83. The normalized spacial score (nSPS) is 20.0. The molecule has 0 spiro atoms. The van der Waals surface area contributed by atoms with Crippen molar-refractivity contribution in [3.8, 4) is 0 Å². The number of ether oxygens (including phenoxy) is 1. The second-order valence-corrected chi connectivity index (χ2v) is 9.20. The molecule has 0 aromatic heterocycles. The molecule has 0 unspecified atom stereocenters. The average Bonchev–Trinajstić information content (AvgIpc) is 2.77. The predicted octanol–water partition coefficient (Wildman–Crippen LogP) is 6.22. The maximum Gasteiger partial charge on any atom is 0.525 e. The molecule has 162 valence electrons. The number of hydrogen-bond donors (Lipinski definition) is 0. The monoisotopic (exact) mass is 416 g/mol. The summed E-state index contributed by atoms with van der Waals surface area (Å²) in [6, 6.07) is 4.61. The largest absolute Gasteiger partial charge is 0.525 e. The third kappa shape index (κ3) is 5.83. The van der Waals surface area contributed by atoms with Crippen molar-refractivity contribution in [2.45, 2.75) is 77.9 Å². The van der Waals surface area contributed by atoms with E-state index < -0.39 is 41.4 Å². The summed E-state index contributed by atoms with van der Waals surface area (Å²) < 4.78 is 72.1. The van der Waals surface area contributed by atoms with Crippen molar-refractivity contribution >= 4 is 12.7 Å². The Hall–Kier alpha value is -1.38. The minimum atomic E-state index is -4.52. The van der Waals surface area contributed by atoms with Crippen molar-refractivity contribution in [3.05, 3.63) is 41.1 Å². The SMILES string of the molecule is CC(C)(C)OCCC(=C(F)B1OC(C)(C)C(C)(C)O1)c1cccc(C(F)(F)F)c1. The lowest BCUT2D eigenvalue weighted by molar-refractivity contribution is -0.137. The molecule has 0 saturated carbocycles. The molecule has 0 radical (unpaired) electrons. The van der Waals surface area contributed by atoms with Crippen LogP contribution in [0.3, 0.4) is 0 Å². The standard InChI is InChI=1S/C21H29BF4O3/c1-18(2,3)27-12-11-16(14-9-8-10-15(13-14)21(24,25)26)17(23)22-28-19(4,5)20(6,7)29-22/h8-10,13H,11-12H2,1-7H3. The van der Waals surface area contributed by atoms with Gasteiger partial charge in [0.25, 0.3) is 0 Å². The molecule has 1 aliphatic rings. The van der Waals surface area contributed by atoms with Gasteiger partial charge in [-0.2, -0.15) is 13.2 Å². The van der Waals surface area contributed by atoms with Crippen LogP contribution in [0.1, 0.15) is 66.0 Å². The molecule has 1 heterocycles. The zero-order chi connectivity index (χ0) is 22.3. The van der Waals surface area contributed by atoms with E-state index in [1.807, 2.05) is 20.8 Å². The summed E-state index contributed by atoms with van der Waals surface area (Å²) in [6.45, 7) is 12.8. The van der Waals surface area contributed by atoms with Crippen molar-refractivity contribution in [1.29, 1.82) is 0 Å². The molecule has 1 aliphatic heterocycles. The van der Waals surface area contributed by atoms with Crippen LogP contribution in [-0.2, 0) is 20.2 Å². The summed E-state index contributed by atoms with van der Waals surface area (Å²) in [4.78, 5) is 0. The summed E-state index contributed by atoms with van der Waals surface area (Å²) in [5.41, 5.74) is -3.36. The van der Waals surface area contributed by atoms with E-state index in [0.29, 0.717) is 0 Å². The number of rotatable bonds is 5. The molecule has 0 aliphatic carbocycles. The quantitative estimate of drug-likeness (QED) is 0.421. The first kappa shape index (κ1) is 23.9. The van der Waals surface area contributed by atoms with E-state index in [9.17, 15) is 13.2 Å². The van der Waals surface area contributed by atoms with Gasteiger partial charge in [0.15, 0.2) is 0 Å². The summed E-state index contributed by atoms with van der Waals surface area (Å²) in [6.07, 6.45) is -4.45. The lowest BCUT2D eigenvalue weighted by Gasteiger charge is -2.32. The minimum absolute atomic E-state index is 0.0779. The van der Waals surface area contributed by atoms with Crippen LogP contribution < -0.4 is 0 Å². The third-order valence-electron chi connectivity index (χ3n) is 5.17. The van der Waals surface area contributed by atoms with Gasteiger partial charge >= 0.3 is 13.3 Å². The maximum absolute atomic E-state index is 15.5. The van der Waals surface area contributed by atoms with Gasteiger partial charge in [0.2, 0.25) is 0 Å². The first-order valence-electron chi connectivity index (χ1n) is 9.59. The molecule has 3 nitrogen and oxygen atoms in total. The molecule has 0 atom stereocenters. The highest BCUT2D eigenvalue weighted by molar-refractivity contribution is 6.55. The molecule has 8 heteroatoms. The lowest BCUT2D eigenvalue weighted by atomic mass is 9.81. The van der Waals surface area contributed by atoms with Gasteiger partial charge in [-0.05, 0) is 78.2 Å². The number of hydrogen-bond acceptors (Lipinski definition) is 3. The molecule has 1 fully saturated rings. The molecule has 0 bridgehead atoms. The zero-order valence-corrected chi connectivity index (χ0v) is 18.0. The summed E-state index contributed by atoms with van der Waals surface area (Å²) in [7, 11) is -1.29. The molecule has 0 amide bonds. The molecule has 29 heavy (non-hydrogen) atoms. The molecule has 0 N–H and O–H groups in total. The Kier molecular flexibility index (Phi) is 6.63. The lowest BCUT2D eigenvalue weighted by Crippen LogP contribution is -2.41. The van der Waals surface area contributed by atoms with Crippen LogP contribution in [-0.4, -0.2) is 30.5 Å². The number of halogens is 4. The predicted molar refractivity (Wildman–Crippen MR) is 106 cm³/mol. The van der Waals surface area contributed by atoms with E-state index in [-0.39, 0.29) is 24.2 Å². The van der Waals surface area contributed by atoms with Crippen LogP contribution in [0.15, 0.2) is 30.0 Å². The number of alkyl halides is 3. The highest BCUT2D eigenvalue weighted by atomic mass is 19.4. The maximum atomic E-state index is 15.5. The van der Waals surface area contributed by atoms with Gasteiger partial charge in [-0.1, -0.05) is 12.1 Å². The second-order valence-electron chi connectivity index (χ2n) is 9.20. The van der Waals surface area contributed by atoms with Gasteiger partial charge in [0, 0.05) is 0 Å². The van der Waals surface area contributed by atoms with Crippen LogP contribution in [0.4, 0.5) is 17.6 Å². The smallest absolute Gasteiger partial charge is 0.398 e. The minimum Gasteiger partial charge on any atom is -0.398 e. The zero-order valence-electron chi connectivity index (χ0n) is 18.0. The highest BCUT2D eigenvalue weighted by Gasteiger charge is 2.53. The van der Waals surface area contributed by atoms with Crippen molar-refractivity contribution in [2.75, 3.05) is 6.61 Å². The molecular weight excluding hydrogens is 387 g/mol. The Labute approximate surface area is 170 Å². The van der Waals surface area contributed by atoms with Gasteiger partial charge in [0.1, 0.15) is 5.73 Å². The van der Waals surface area contributed by atoms with Crippen molar-refractivity contribution in [2.24, 2.45) is 0 Å². The van der Waals surface area contributed by atoms with Gasteiger partial charge < -0.3 is 14.0 Å². The van der Waals surface area contributed by atoms with E-state index in [1.165, 1.54) is 12.1 Å². The van der Waals surface area contributed by atoms with Gasteiger partial charge in [-0.15, -0.1) is 0 Å². The fraction of sp³-hybridized carbons (Fsp3) is 0.619. The fourth-order valence-electron chi connectivity index (χ4n) is 2.83. The molecular formula is C21H29BF4O3. The Morgan fingerprint density at radius 2 is 1.59 bits per heavy atom. The van der Waals surface area contributed by atoms with Crippen LogP contribution >= 0.6 is 0 Å². The van der Waals surface area contributed by atoms with Crippen molar-refractivity contribution in [3.63, 3.8) is 0 Å². The first-order valence-corrected chi connectivity index (χ1v) is 9.59. The van der Waals surface area contributed by atoms with Crippen molar-refractivity contribution in [1.82, 2.24) is 0 Å². The molecule has 1 aromatic rings. The van der Waals surface area contributed by atoms with E-state index in [2.05, 4.69) is 0 Å². The van der Waals surface area contributed by atoms with Gasteiger partial charge in [-0.25, -0.2) is 4.39 Å². The Bertz CT molecular complexity index is 748. The van der Waals surface area contributed by atoms with Crippen molar-refractivity contribution < 1.29 is 31.6 Å². The highest BCUT2D eigenvalue weighted by Crippen LogP contribution is 2.41. The second kappa shape index (κ2) is 8.04.